The van der Waals surface area contributed by atoms with Crippen molar-refractivity contribution in [3.05, 3.63) is 47.1 Å². The number of aromatic nitrogens is 5. The number of aryl methyl sites for hydroxylation is 2. The van der Waals surface area contributed by atoms with E-state index >= 15 is 0 Å². The Bertz CT molecular complexity index is 1120. The summed E-state index contributed by atoms with van der Waals surface area (Å²) in [5.74, 6) is 0.447. The monoisotopic (exact) mass is 380 g/mol. The van der Waals surface area contributed by atoms with Crippen LogP contribution in [-0.4, -0.2) is 30.5 Å². The van der Waals surface area contributed by atoms with Crippen LogP contribution in [0.1, 0.15) is 35.9 Å². The molecule has 0 spiro atoms. The molecule has 4 rings (SSSR count). The van der Waals surface area contributed by atoms with Gasteiger partial charge in [-0.25, -0.2) is 9.67 Å². The van der Waals surface area contributed by atoms with Crippen LogP contribution in [-0.2, 0) is 7.05 Å². The first-order chi connectivity index (χ1) is 12.9. The van der Waals surface area contributed by atoms with E-state index in [2.05, 4.69) is 15.5 Å². The minimum Gasteiger partial charge on any atom is -0.307 e. The largest absolute Gasteiger partial charge is 0.307 e. The standard InChI is InChI=1S/C19H20N6OS/c1-11(2)25-18-14(10-20-25)13(9-15(21-18)16-6-5-7-27-16)19(26)22-17-8-12(3)23-24(17)4/h5-11H,1-4H3,(H,22,26). The van der Waals surface area contributed by atoms with Crippen LogP contribution < -0.4 is 5.32 Å². The fourth-order valence-electron chi connectivity index (χ4n) is 3.05. The van der Waals surface area contributed by atoms with Gasteiger partial charge in [0.05, 0.1) is 33.4 Å². The minimum atomic E-state index is -0.202. The third kappa shape index (κ3) is 3.12. The molecule has 0 unspecified atom stereocenters. The highest BCUT2D eigenvalue weighted by molar-refractivity contribution is 7.13. The van der Waals surface area contributed by atoms with E-state index < -0.39 is 0 Å². The molecule has 0 bridgehead atoms. The van der Waals surface area contributed by atoms with E-state index in [1.807, 2.05) is 55.1 Å². The molecule has 1 amide bonds. The average molecular weight is 380 g/mol. The third-order valence-corrected chi connectivity index (χ3v) is 5.21. The molecular formula is C19H20N6OS. The smallest absolute Gasteiger partial charge is 0.257 e. The zero-order valence-corrected chi connectivity index (χ0v) is 16.4. The molecule has 8 heteroatoms. The number of amides is 1. The first kappa shape index (κ1) is 17.4. The van der Waals surface area contributed by atoms with Gasteiger partial charge in [-0.1, -0.05) is 6.07 Å². The van der Waals surface area contributed by atoms with E-state index in [0.717, 1.165) is 21.7 Å². The lowest BCUT2D eigenvalue weighted by molar-refractivity contribution is 0.102. The van der Waals surface area contributed by atoms with Gasteiger partial charge in [0.1, 0.15) is 5.82 Å². The Balaban J connectivity index is 1.85. The van der Waals surface area contributed by atoms with Gasteiger partial charge in [0.2, 0.25) is 0 Å². The Labute approximate surface area is 160 Å². The van der Waals surface area contributed by atoms with Crippen LogP contribution in [0.2, 0.25) is 0 Å². The van der Waals surface area contributed by atoms with Crippen molar-refractivity contribution in [2.24, 2.45) is 7.05 Å². The number of hydrogen-bond acceptors (Lipinski definition) is 5. The predicted octanol–water partition coefficient (Wildman–Crippen LogP) is 4.03. The molecule has 0 saturated carbocycles. The van der Waals surface area contributed by atoms with Crippen LogP contribution in [0.15, 0.2) is 35.8 Å². The molecule has 0 fully saturated rings. The van der Waals surface area contributed by atoms with Gasteiger partial charge < -0.3 is 5.32 Å². The molecule has 0 atom stereocenters. The maximum atomic E-state index is 13.1. The summed E-state index contributed by atoms with van der Waals surface area (Å²) in [6.45, 7) is 5.98. The van der Waals surface area contributed by atoms with Gasteiger partial charge in [0, 0.05) is 19.2 Å². The second-order valence-corrected chi connectivity index (χ2v) is 7.65. The molecule has 0 aliphatic carbocycles. The molecule has 1 N–H and O–H groups in total. The summed E-state index contributed by atoms with van der Waals surface area (Å²) in [6.07, 6.45) is 1.71. The molecule has 0 radical (unpaired) electrons. The fourth-order valence-corrected chi connectivity index (χ4v) is 3.73. The highest BCUT2D eigenvalue weighted by atomic mass is 32.1. The van der Waals surface area contributed by atoms with Crippen LogP contribution in [0.5, 0.6) is 0 Å². The second kappa shape index (κ2) is 6.62. The summed E-state index contributed by atoms with van der Waals surface area (Å²) in [4.78, 5) is 18.9. The summed E-state index contributed by atoms with van der Waals surface area (Å²) < 4.78 is 3.50. The first-order valence-electron chi connectivity index (χ1n) is 8.68. The molecule has 0 aliphatic heterocycles. The van der Waals surface area contributed by atoms with Gasteiger partial charge in [0.25, 0.3) is 5.91 Å². The van der Waals surface area contributed by atoms with Crippen LogP contribution in [0.4, 0.5) is 5.82 Å². The fraction of sp³-hybridized carbons (Fsp3) is 0.263. The molecule has 4 aromatic rings. The Morgan fingerprint density at radius 3 is 2.74 bits per heavy atom. The van der Waals surface area contributed by atoms with Gasteiger partial charge in [-0.2, -0.15) is 10.2 Å². The molecule has 4 aromatic heterocycles. The molecule has 0 aliphatic rings. The van der Waals surface area contributed by atoms with Crippen molar-refractivity contribution in [2.75, 3.05) is 5.32 Å². The number of carbonyl (C=O) groups excluding carboxylic acids is 1. The van der Waals surface area contributed by atoms with Crippen molar-refractivity contribution < 1.29 is 4.79 Å². The molecule has 7 nitrogen and oxygen atoms in total. The van der Waals surface area contributed by atoms with E-state index in [9.17, 15) is 4.79 Å². The zero-order valence-electron chi connectivity index (χ0n) is 15.6. The molecule has 138 valence electrons. The van der Waals surface area contributed by atoms with Crippen molar-refractivity contribution in [2.45, 2.75) is 26.8 Å². The van der Waals surface area contributed by atoms with E-state index in [-0.39, 0.29) is 11.9 Å². The van der Waals surface area contributed by atoms with Gasteiger partial charge >= 0.3 is 0 Å². The summed E-state index contributed by atoms with van der Waals surface area (Å²) in [7, 11) is 1.80. The minimum absolute atomic E-state index is 0.143. The summed E-state index contributed by atoms with van der Waals surface area (Å²) >= 11 is 1.59. The van der Waals surface area contributed by atoms with Crippen molar-refractivity contribution >= 4 is 34.1 Å². The number of hydrogen-bond donors (Lipinski definition) is 1. The number of pyridine rings is 1. The van der Waals surface area contributed by atoms with Gasteiger partial charge in [-0.3, -0.25) is 9.48 Å². The lowest BCUT2D eigenvalue weighted by Crippen LogP contribution is -2.15. The number of nitrogens with zero attached hydrogens (tertiary/aromatic N) is 5. The van der Waals surface area contributed by atoms with Gasteiger partial charge in [-0.15, -0.1) is 11.3 Å². The second-order valence-electron chi connectivity index (χ2n) is 6.70. The maximum absolute atomic E-state index is 13.1. The number of anilines is 1. The first-order valence-corrected chi connectivity index (χ1v) is 9.56. The van der Waals surface area contributed by atoms with Crippen molar-refractivity contribution in [1.29, 1.82) is 0 Å². The maximum Gasteiger partial charge on any atom is 0.257 e. The van der Waals surface area contributed by atoms with Crippen LogP contribution in [0.3, 0.4) is 0 Å². The lowest BCUT2D eigenvalue weighted by Gasteiger charge is -2.10. The molecular weight excluding hydrogens is 360 g/mol. The summed E-state index contributed by atoms with van der Waals surface area (Å²) in [5, 5.41) is 14.4. The topological polar surface area (TPSA) is 77.6 Å². The Morgan fingerprint density at radius 2 is 2.11 bits per heavy atom. The zero-order chi connectivity index (χ0) is 19.1. The van der Waals surface area contributed by atoms with Crippen molar-refractivity contribution in [1.82, 2.24) is 24.5 Å². The van der Waals surface area contributed by atoms with Crippen molar-refractivity contribution in [3.8, 4) is 10.6 Å². The van der Waals surface area contributed by atoms with Gasteiger partial charge in [0.15, 0.2) is 5.65 Å². The predicted molar refractivity (Wildman–Crippen MR) is 107 cm³/mol. The SMILES string of the molecule is Cc1cc(NC(=O)c2cc(-c3cccs3)nc3c2cnn3C(C)C)n(C)n1. The van der Waals surface area contributed by atoms with Crippen LogP contribution in [0, 0.1) is 6.92 Å². The summed E-state index contributed by atoms with van der Waals surface area (Å²) in [5.41, 5.74) is 2.88. The Morgan fingerprint density at radius 1 is 1.30 bits per heavy atom. The van der Waals surface area contributed by atoms with E-state index in [4.69, 9.17) is 4.98 Å². The number of rotatable bonds is 4. The van der Waals surface area contributed by atoms with E-state index in [0.29, 0.717) is 17.0 Å². The third-order valence-electron chi connectivity index (χ3n) is 4.32. The Kier molecular flexibility index (Phi) is 4.27. The number of carbonyl (C=O) groups is 1. The van der Waals surface area contributed by atoms with E-state index in [1.165, 1.54) is 0 Å². The number of fused-ring (bicyclic) bond motifs is 1. The molecule has 4 heterocycles. The van der Waals surface area contributed by atoms with Crippen molar-refractivity contribution in [3.63, 3.8) is 0 Å². The lowest BCUT2D eigenvalue weighted by atomic mass is 10.1. The molecule has 0 aromatic carbocycles. The number of thiophene rings is 1. The average Bonchev–Trinajstić information content (AvgIpc) is 3.34. The quantitative estimate of drug-likeness (QED) is 0.580. The van der Waals surface area contributed by atoms with Gasteiger partial charge in [-0.05, 0) is 38.3 Å². The van der Waals surface area contributed by atoms with Crippen LogP contribution >= 0.6 is 11.3 Å². The Hall–Kier alpha value is -3.00. The molecule has 27 heavy (non-hydrogen) atoms. The highest BCUT2D eigenvalue weighted by Crippen LogP contribution is 2.29. The van der Waals surface area contributed by atoms with Crippen LogP contribution in [0.25, 0.3) is 21.6 Å². The van der Waals surface area contributed by atoms with E-state index in [1.54, 1.807) is 29.3 Å². The number of nitrogens with one attached hydrogen (secondary N) is 1. The normalized spacial score (nSPS) is 11.4. The highest BCUT2D eigenvalue weighted by Gasteiger charge is 2.19. The summed E-state index contributed by atoms with van der Waals surface area (Å²) in [6, 6.07) is 7.79. The molecule has 0 saturated heterocycles.